The topological polar surface area (TPSA) is 120 Å². The Morgan fingerprint density at radius 2 is 1.88 bits per heavy atom. The summed E-state index contributed by atoms with van der Waals surface area (Å²) < 4.78 is 23.7. The number of carbonyl (C=O) groups is 1. The summed E-state index contributed by atoms with van der Waals surface area (Å²) in [7, 11) is 0. The Labute approximate surface area is 184 Å². The van der Waals surface area contributed by atoms with Gasteiger partial charge in [0.05, 0.1) is 16.3 Å². The molecule has 0 spiro atoms. The predicted octanol–water partition coefficient (Wildman–Crippen LogP) is 4.52. The van der Waals surface area contributed by atoms with Crippen LogP contribution in [0.5, 0.6) is 5.75 Å². The first-order valence-corrected chi connectivity index (χ1v) is 10.1. The zero-order valence-electron chi connectivity index (χ0n) is 16.4. The third kappa shape index (κ3) is 5.13. The standard InChI is InChI=1S/C21H15FN4O5S/c22-14-3-7-17(8-4-14)30-11-20-23-15(12-32-20)10-31-21(27)19-9-18(24-25-19)13-1-5-16(6-2-13)26(28)29/h1-9,12H,10-11H2,(H,24,25). The van der Waals surface area contributed by atoms with Crippen molar-refractivity contribution in [3.63, 3.8) is 0 Å². The Bertz CT molecular complexity index is 1240. The van der Waals surface area contributed by atoms with Crippen LogP contribution in [0.2, 0.25) is 0 Å². The molecule has 4 rings (SSSR count). The van der Waals surface area contributed by atoms with Crippen LogP contribution >= 0.6 is 11.3 Å². The number of nitro benzene ring substituents is 1. The molecule has 0 radical (unpaired) electrons. The van der Waals surface area contributed by atoms with Crippen LogP contribution in [0, 0.1) is 15.9 Å². The first-order valence-electron chi connectivity index (χ1n) is 9.27. The van der Waals surface area contributed by atoms with Crippen LogP contribution in [-0.2, 0) is 18.0 Å². The highest BCUT2D eigenvalue weighted by atomic mass is 32.1. The van der Waals surface area contributed by atoms with Crippen molar-refractivity contribution in [2.24, 2.45) is 0 Å². The number of hydrogen-bond donors (Lipinski definition) is 1. The molecule has 0 aliphatic heterocycles. The number of benzene rings is 2. The van der Waals surface area contributed by atoms with E-state index in [1.165, 1.54) is 53.8 Å². The second-order valence-corrected chi connectivity index (χ2v) is 7.46. The number of nitrogens with one attached hydrogen (secondary N) is 1. The molecule has 0 atom stereocenters. The number of H-pyrrole nitrogens is 1. The Kier molecular flexibility index (Phi) is 6.17. The fraction of sp³-hybridized carbons (Fsp3) is 0.0952. The number of carbonyl (C=O) groups excluding carboxylic acids is 1. The molecule has 0 amide bonds. The zero-order valence-corrected chi connectivity index (χ0v) is 17.2. The molecule has 0 unspecified atom stereocenters. The van der Waals surface area contributed by atoms with Gasteiger partial charge in [0.25, 0.3) is 5.69 Å². The molecule has 0 aliphatic rings. The van der Waals surface area contributed by atoms with Crippen molar-refractivity contribution in [3.8, 4) is 17.0 Å². The summed E-state index contributed by atoms with van der Waals surface area (Å²) in [6, 6.07) is 13.0. The number of nitrogens with zero attached hydrogens (tertiary/aromatic N) is 3. The fourth-order valence-corrected chi connectivity index (χ4v) is 3.39. The lowest BCUT2D eigenvalue weighted by molar-refractivity contribution is -0.384. The summed E-state index contributed by atoms with van der Waals surface area (Å²) in [5.74, 6) is -0.423. The van der Waals surface area contributed by atoms with Crippen molar-refractivity contribution < 1.29 is 23.6 Å². The maximum absolute atomic E-state index is 12.9. The molecule has 32 heavy (non-hydrogen) atoms. The average molecular weight is 454 g/mol. The van der Waals surface area contributed by atoms with Crippen molar-refractivity contribution in [2.75, 3.05) is 0 Å². The first kappa shape index (κ1) is 21.1. The molecule has 0 fully saturated rings. The molecule has 2 aromatic heterocycles. The Morgan fingerprint density at radius 3 is 2.59 bits per heavy atom. The van der Waals surface area contributed by atoms with Crippen LogP contribution < -0.4 is 4.74 Å². The summed E-state index contributed by atoms with van der Waals surface area (Å²) in [4.78, 5) is 26.9. The smallest absolute Gasteiger partial charge is 0.356 e. The lowest BCUT2D eigenvalue weighted by Crippen LogP contribution is -2.06. The van der Waals surface area contributed by atoms with Gasteiger partial charge >= 0.3 is 5.97 Å². The van der Waals surface area contributed by atoms with Gasteiger partial charge in [0, 0.05) is 23.1 Å². The van der Waals surface area contributed by atoms with Gasteiger partial charge in [-0.25, -0.2) is 14.2 Å². The van der Waals surface area contributed by atoms with E-state index in [9.17, 15) is 19.3 Å². The second-order valence-electron chi connectivity index (χ2n) is 6.52. The highest BCUT2D eigenvalue weighted by Crippen LogP contribution is 2.22. The van der Waals surface area contributed by atoms with E-state index in [1.54, 1.807) is 17.5 Å². The molecular weight excluding hydrogens is 439 g/mol. The Hall–Kier alpha value is -4.12. The maximum Gasteiger partial charge on any atom is 0.356 e. The monoisotopic (exact) mass is 454 g/mol. The summed E-state index contributed by atoms with van der Waals surface area (Å²) in [6.07, 6.45) is 0. The lowest BCUT2D eigenvalue weighted by Gasteiger charge is -2.03. The normalized spacial score (nSPS) is 10.7. The molecule has 2 aromatic carbocycles. The number of aromatic amines is 1. The van der Waals surface area contributed by atoms with Gasteiger partial charge in [-0.15, -0.1) is 11.3 Å². The van der Waals surface area contributed by atoms with E-state index in [0.29, 0.717) is 27.7 Å². The van der Waals surface area contributed by atoms with Crippen LogP contribution in [0.4, 0.5) is 10.1 Å². The number of esters is 1. The second kappa shape index (κ2) is 9.35. The molecule has 2 heterocycles. The molecular formula is C21H15FN4O5S. The van der Waals surface area contributed by atoms with Crippen LogP contribution in [0.1, 0.15) is 21.2 Å². The number of nitro groups is 1. The Balaban J connectivity index is 1.30. The minimum absolute atomic E-state index is 0.0300. The quantitative estimate of drug-likeness (QED) is 0.236. The number of hydrogen-bond acceptors (Lipinski definition) is 8. The van der Waals surface area contributed by atoms with Gasteiger partial charge in [0.1, 0.15) is 35.5 Å². The van der Waals surface area contributed by atoms with Crippen molar-refractivity contribution in [3.05, 3.63) is 92.3 Å². The lowest BCUT2D eigenvalue weighted by atomic mass is 10.1. The van der Waals surface area contributed by atoms with Gasteiger partial charge in [-0.2, -0.15) is 5.10 Å². The van der Waals surface area contributed by atoms with E-state index in [1.807, 2.05) is 0 Å². The summed E-state index contributed by atoms with van der Waals surface area (Å²) >= 11 is 1.35. The van der Waals surface area contributed by atoms with Crippen LogP contribution in [-0.4, -0.2) is 26.1 Å². The molecule has 0 aliphatic carbocycles. The van der Waals surface area contributed by atoms with E-state index in [4.69, 9.17) is 9.47 Å². The molecule has 4 aromatic rings. The van der Waals surface area contributed by atoms with Crippen molar-refractivity contribution in [1.29, 1.82) is 0 Å². The minimum Gasteiger partial charge on any atom is -0.486 e. The van der Waals surface area contributed by atoms with Crippen LogP contribution in [0.25, 0.3) is 11.3 Å². The SMILES string of the molecule is O=C(OCc1csc(COc2ccc(F)cc2)n1)c1cc(-c2ccc([N+](=O)[O-])cc2)n[nH]1. The van der Waals surface area contributed by atoms with Gasteiger partial charge in [-0.3, -0.25) is 15.2 Å². The van der Waals surface area contributed by atoms with E-state index >= 15 is 0 Å². The number of aromatic nitrogens is 3. The maximum atomic E-state index is 12.9. The summed E-state index contributed by atoms with van der Waals surface area (Å²) in [5.41, 5.74) is 1.76. The average Bonchev–Trinajstić information content (AvgIpc) is 3.47. The molecule has 0 saturated heterocycles. The third-order valence-corrected chi connectivity index (χ3v) is 5.17. The number of halogens is 1. The predicted molar refractivity (Wildman–Crippen MR) is 113 cm³/mol. The van der Waals surface area contributed by atoms with Gasteiger partial charge in [0.2, 0.25) is 0 Å². The molecule has 9 nitrogen and oxygen atoms in total. The van der Waals surface area contributed by atoms with E-state index in [-0.39, 0.29) is 30.4 Å². The zero-order chi connectivity index (χ0) is 22.5. The molecule has 0 bridgehead atoms. The van der Waals surface area contributed by atoms with Gasteiger partial charge in [-0.05, 0) is 42.5 Å². The van der Waals surface area contributed by atoms with Crippen molar-refractivity contribution >= 4 is 23.0 Å². The molecule has 1 N–H and O–H groups in total. The van der Waals surface area contributed by atoms with E-state index in [2.05, 4.69) is 15.2 Å². The van der Waals surface area contributed by atoms with Crippen molar-refractivity contribution in [2.45, 2.75) is 13.2 Å². The number of ether oxygens (including phenoxy) is 2. The van der Waals surface area contributed by atoms with E-state index < -0.39 is 10.9 Å². The fourth-order valence-electron chi connectivity index (χ4n) is 2.70. The third-order valence-electron chi connectivity index (χ3n) is 4.30. The minimum atomic E-state index is -0.609. The van der Waals surface area contributed by atoms with Gasteiger partial charge in [0.15, 0.2) is 0 Å². The number of rotatable bonds is 8. The van der Waals surface area contributed by atoms with Gasteiger partial charge < -0.3 is 9.47 Å². The van der Waals surface area contributed by atoms with Gasteiger partial charge in [-0.1, -0.05) is 0 Å². The number of non-ortho nitro benzene ring substituents is 1. The van der Waals surface area contributed by atoms with Crippen molar-refractivity contribution in [1.82, 2.24) is 15.2 Å². The summed E-state index contributed by atoms with van der Waals surface area (Å²) in [5, 5.41) is 19.8. The molecule has 0 saturated carbocycles. The van der Waals surface area contributed by atoms with E-state index in [0.717, 1.165) is 0 Å². The van der Waals surface area contributed by atoms with Crippen LogP contribution in [0.3, 0.4) is 0 Å². The highest BCUT2D eigenvalue weighted by Gasteiger charge is 2.14. The molecule has 11 heteroatoms. The van der Waals surface area contributed by atoms with Crippen LogP contribution in [0.15, 0.2) is 60.0 Å². The number of thiazole rings is 1. The largest absolute Gasteiger partial charge is 0.486 e. The molecule has 162 valence electrons. The highest BCUT2D eigenvalue weighted by molar-refractivity contribution is 7.09. The summed E-state index contributed by atoms with van der Waals surface area (Å²) in [6.45, 7) is 0.182. The first-order chi connectivity index (χ1) is 15.5. The Morgan fingerprint density at radius 1 is 1.12 bits per heavy atom.